The molecule has 0 amide bonds. The lowest BCUT2D eigenvalue weighted by molar-refractivity contribution is 0.270. The number of aromatic nitrogens is 2. The zero-order valence-electron chi connectivity index (χ0n) is 12.1. The van der Waals surface area contributed by atoms with Crippen LogP contribution in [0.1, 0.15) is 24.2 Å². The van der Waals surface area contributed by atoms with Crippen LogP contribution in [0.4, 0.5) is 0 Å². The maximum atomic E-state index is 12.6. The van der Waals surface area contributed by atoms with Crippen molar-refractivity contribution in [3.05, 3.63) is 11.4 Å². The second-order valence-electron chi connectivity index (χ2n) is 5.17. The van der Waals surface area contributed by atoms with Gasteiger partial charge in [-0.15, -0.1) is 12.4 Å². The standard InChI is InChI=1S/C12H22N4O2S.ClH/c1-9-12(10(2)15-14-9)19(17,18)16-6-4-11(5-7-16)8-13-3;/h11,13H,4-8H2,1-3H3,(H,14,15);1H. The number of piperidine rings is 1. The lowest BCUT2D eigenvalue weighted by Crippen LogP contribution is -2.40. The number of hydrogen-bond acceptors (Lipinski definition) is 4. The van der Waals surface area contributed by atoms with Gasteiger partial charge in [-0.25, -0.2) is 8.42 Å². The van der Waals surface area contributed by atoms with Gasteiger partial charge in [0.2, 0.25) is 10.0 Å². The molecule has 1 aromatic rings. The Morgan fingerprint density at radius 3 is 2.40 bits per heavy atom. The van der Waals surface area contributed by atoms with Gasteiger partial charge in [0.15, 0.2) is 0 Å². The van der Waals surface area contributed by atoms with Crippen molar-refractivity contribution >= 4 is 22.4 Å². The van der Waals surface area contributed by atoms with E-state index in [0.717, 1.165) is 19.4 Å². The Morgan fingerprint density at radius 2 is 1.95 bits per heavy atom. The molecule has 6 nitrogen and oxygen atoms in total. The van der Waals surface area contributed by atoms with E-state index in [4.69, 9.17) is 0 Å². The molecule has 116 valence electrons. The maximum Gasteiger partial charge on any atom is 0.246 e. The van der Waals surface area contributed by atoms with E-state index in [-0.39, 0.29) is 12.4 Å². The molecule has 0 radical (unpaired) electrons. The summed E-state index contributed by atoms with van der Waals surface area (Å²) in [6, 6.07) is 0. The summed E-state index contributed by atoms with van der Waals surface area (Å²) in [6.07, 6.45) is 1.83. The molecule has 8 heteroatoms. The van der Waals surface area contributed by atoms with E-state index in [1.165, 1.54) is 0 Å². The van der Waals surface area contributed by atoms with Gasteiger partial charge in [-0.1, -0.05) is 0 Å². The third kappa shape index (κ3) is 3.33. The number of sulfonamides is 1. The summed E-state index contributed by atoms with van der Waals surface area (Å²) in [5, 5.41) is 9.88. The van der Waals surface area contributed by atoms with Crippen molar-refractivity contribution < 1.29 is 8.42 Å². The number of H-pyrrole nitrogens is 1. The van der Waals surface area contributed by atoms with Crippen molar-refractivity contribution in [2.75, 3.05) is 26.7 Å². The molecular weight excluding hydrogens is 300 g/mol. The zero-order valence-corrected chi connectivity index (χ0v) is 13.8. The molecular formula is C12H23ClN4O2S. The van der Waals surface area contributed by atoms with Crippen molar-refractivity contribution in [3.8, 4) is 0 Å². The molecule has 0 atom stereocenters. The highest BCUT2D eigenvalue weighted by Crippen LogP contribution is 2.26. The largest absolute Gasteiger partial charge is 0.319 e. The number of nitrogens with one attached hydrogen (secondary N) is 2. The number of hydrogen-bond donors (Lipinski definition) is 2. The second kappa shape index (κ2) is 6.89. The molecule has 0 aliphatic carbocycles. The van der Waals surface area contributed by atoms with Crippen molar-refractivity contribution in [2.24, 2.45) is 5.92 Å². The summed E-state index contributed by atoms with van der Waals surface area (Å²) in [6.45, 7) is 5.62. The van der Waals surface area contributed by atoms with Crippen LogP contribution in [0.5, 0.6) is 0 Å². The van der Waals surface area contributed by atoms with Gasteiger partial charge in [-0.2, -0.15) is 9.40 Å². The highest BCUT2D eigenvalue weighted by atomic mass is 35.5. The highest BCUT2D eigenvalue weighted by Gasteiger charge is 2.32. The van der Waals surface area contributed by atoms with Crippen LogP contribution in [0.3, 0.4) is 0 Å². The Kier molecular flexibility index (Phi) is 6.00. The molecule has 0 spiro atoms. The number of nitrogens with zero attached hydrogens (tertiary/aromatic N) is 2. The smallest absolute Gasteiger partial charge is 0.246 e. The summed E-state index contributed by atoms with van der Waals surface area (Å²) in [4.78, 5) is 0.347. The van der Waals surface area contributed by atoms with Crippen LogP contribution >= 0.6 is 12.4 Å². The van der Waals surface area contributed by atoms with Crippen LogP contribution in [0.15, 0.2) is 4.90 Å². The molecule has 1 aromatic heterocycles. The summed E-state index contributed by atoms with van der Waals surface area (Å²) in [5.74, 6) is 0.572. The molecule has 0 saturated carbocycles. The van der Waals surface area contributed by atoms with Crippen LogP contribution in [-0.2, 0) is 10.0 Å². The van der Waals surface area contributed by atoms with E-state index in [1.54, 1.807) is 18.2 Å². The fraction of sp³-hybridized carbons (Fsp3) is 0.750. The van der Waals surface area contributed by atoms with Crippen LogP contribution in [-0.4, -0.2) is 49.6 Å². The van der Waals surface area contributed by atoms with Gasteiger partial charge in [0.25, 0.3) is 0 Å². The van der Waals surface area contributed by atoms with Gasteiger partial charge in [-0.05, 0) is 46.2 Å². The fourth-order valence-electron chi connectivity index (χ4n) is 2.69. The third-order valence-electron chi connectivity index (χ3n) is 3.72. The van der Waals surface area contributed by atoms with Gasteiger partial charge < -0.3 is 5.32 Å². The molecule has 1 aliphatic rings. The lowest BCUT2D eigenvalue weighted by Gasteiger charge is -2.31. The van der Waals surface area contributed by atoms with Crippen molar-refractivity contribution in [1.82, 2.24) is 19.8 Å². The van der Waals surface area contributed by atoms with E-state index in [2.05, 4.69) is 15.5 Å². The molecule has 2 N–H and O–H groups in total. The van der Waals surface area contributed by atoms with Gasteiger partial charge in [-0.3, -0.25) is 5.10 Å². The molecule has 1 saturated heterocycles. The molecule has 0 unspecified atom stereocenters. The molecule has 0 aromatic carbocycles. The fourth-order valence-corrected chi connectivity index (χ4v) is 4.49. The first-order valence-corrected chi connectivity index (χ1v) is 8.07. The SMILES string of the molecule is CNCC1CCN(S(=O)(=O)c2c(C)n[nH]c2C)CC1.Cl. The number of aryl methyl sites for hydroxylation is 2. The van der Waals surface area contributed by atoms with Crippen molar-refractivity contribution in [1.29, 1.82) is 0 Å². The minimum Gasteiger partial charge on any atom is -0.319 e. The summed E-state index contributed by atoms with van der Waals surface area (Å²) < 4.78 is 26.8. The predicted molar refractivity (Wildman–Crippen MR) is 80.7 cm³/mol. The summed E-state index contributed by atoms with van der Waals surface area (Å²) in [5.41, 5.74) is 1.17. The third-order valence-corrected chi connectivity index (χ3v) is 5.89. The minimum absolute atomic E-state index is 0. The van der Waals surface area contributed by atoms with Crippen molar-refractivity contribution in [2.45, 2.75) is 31.6 Å². The molecule has 20 heavy (non-hydrogen) atoms. The molecule has 1 aliphatic heterocycles. The normalized spacial score (nSPS) is 17.9. The van der Waals surface area contributed by atoms with Gasteiger partial charge in [0.05, 0.1) is 11.4 Å². The van der Waals surface area contributed by atoms with Gasteiger partial charge in [0.1, 0.15) is 4.90 Å². The van der Waals surface area contributed by atoms with Crippen LogP contribution < -0.4 is 5.32 Å². The lowest BCUT2D eigenvalue weighted by atomic mass is 9.98. The number of rotatable bonds is 4. The average molecular weight is 323 g/mol. The first kappa shape index (κ1) is 17.4. The van der Waals surface area contributed by atoms with Crippen molar-refractivity contribution in [3.63, 3.8) is 0 Å². The molecule has 2 rings (SSSR count). The number of aromatic amines is 1. The minimum atomic E-state index is -3.40. The second-order valence-corrected chi connectivity index (χ2v) is 7.04. The maximum absolute atomic E-state index is 12.6. The quantitative estimate of drug-likeness (QED) is 0.869. The van der Waals surface area contributed by atoms with E-state index in [9.17, 15) is 8.42 Å². The highest BCUT2D eigenvalue weighted by molar-refractivity contribution is 7.89. The Balaban J connectivity index is 0.00000200. The molecule has 0 bridgehead atoms. The number of halogens is 1. The average Bonchev–Trinajstić information content (AvgIpc) is 2.70. The van der Waals surface area contributed by atoms with Crippen LogP contribution in [0.2, 0.25) is 0 Å². The van der Waals surface area contributed by atoms with Gasteiger partial charge in [0, 0.05) is 13.1 Å². The molecule has 1 fully saturated rings. The van der Waals surface area contributed by atoms with E-state index in [1.807, 2.05) is 7.05 Å². The summed E-state index contributed by atoms with van der Waals surface area (Å²) >= 11 is 0. The van der Waals surface area contributed by atoms with E-state index < -0.39 is 10.0 Å². The first-order valence-electron chi connectivity index (χ1n) is 6.63. The monoisotopic (exact) mass is 322 g/mol. The van der Waals surface area contributed by atoms with Crippen LogP contribution in [0.25, 0.3) is 0 Å². The predicted octanol–water partition coefficient (Wildman–Crippen LogP) is 1.07. The Hall–Kier alpha value is -0.630. The first-order chi connectivity index (χ1) is 8.96. The van der Waals surface area contributed by atoms with E-state index >= 15 is 0 Å². The Bertz CT molecular complexity index is 516. The van der Waals surface area contributed by atoms with E-state index in [0.29, 0.717) is 35.3 Å². The Labute approximate surface area is 126 Å². The molecule has 2 heterocycles. The zero-order chi connectivity index (χ0) is 14.0. The Morgan fingerprint density at radius 1 is 1.35 bits per heavy atom. The summed E-state index contributed by atoms with van der Waals surface area (Å²) in [7, 11) is -1.47. The topological polar surface area (TPSA) is 78.1 Å². The van der Waals surface area contributed by atoms with Crippen LogP contribution in [0, 0.1) is 19.8 Å². The van der Waals surface area contributed by atoms with Gasteiger partial charge >= 0.3 is 0 Å².